The van der Waals surface area contributed by atoms with Gasteiger partial charge < -0.3 is 5.32 Å². The van der Waals surface area contributed by atoms with Crippen LogP contribution in [-0.2, 0) is 0 Å². The van der Waals surface area contributed by atoms with E-state index in [1.165, 1.54) is 44.2 Å². The molecule has 3 heteroatoms. The number of aliphatic imine (C=N–C) groups is 1. The molecule has 1 N–H and O–H groups in total. The van der Waals surface area contributed by atoms with Gasteiger partial charge in [-0.25, -0.2) is 0 Å². The van der Waals surface area contributed by atoms with Crippen molar-refractivity contribution in [2.75, 3.05) is 5.32 Å². The zero-order valence-corrected chi connectivity index (χ0v) is 13.7. The summed E-state index contributed by atoms with van der Waals surface area (Å²) in [5.41, 5.74) is 3.90. The number of nitrogens with one attached hydrogen (secondary N) is 1. The maximum atomic E-state index is 5.61. The van der Waals surface area contributed by atoms with Gasteiger partial charge in [-0.1, -0.05) is 24.4 Å². The van der Waals surface area contributed by atoms with Crippen LogP contribution in [-0.4, -0.2) is 10.7 Å². The zero-order chi connectivity index (χ0) is 14.7. The normalized spacial score (nSPS) is 39.0. The Morgan fingerprint density at radius 2 is 1.64 bits per heavy atom. The molecule has 1 aromatic carbocycles. The first-order chi connectivity index (χ1) is 10.7. The molecule has 4 bridgehead atoms. The Hall–Kier alpha value is -1.22. The molecule has 0 amide bonds. The molecule has 4 fully saturated rings. The molecule has 4 aliphatic carbocycles. The van der Waals surface area contributed by atoms with Gasteiger partial charge in [-0.2, -0.15) is 0 Å². The number of thiocarbonyl (C=S) groups is 1. The molecule has 0 atom stereocenters. The predicted octanol–water partition coefficient (Wildman–Crippen LogP) is 5.12. The summed E-state index contributed by atoms with van der Waals surface area (Å²) in [7, 11) is 0. The number of para-hydroxylation sites is 2. The van der Waals surface area contributed by atoms with Crippen LogP contribution in [0.1, 0.15) is 44.9 Å². The molecule has 22 heavy (non-hydrogen) atoms. The van der Waals surface area contributed by atoms with E-state index in [9.17, 15) is 0 Å². The van der Waals surface area contributed by atoms with Crippen molar-refractivity contribution in [1.82, 2.24) is 0 Å². The third kappa shape index (κ3) is 1.98. The number of hydrogen-bond acceptors (Lipinski definition) is 2. The average molecular weight is 310 g/mol. The largest absolute Gasteiger partial charge is 0.348 e. The van der Waals surface area contributed by atoms with E-state index in [-0.39, 0.29) is 0 Å². The van der Waals surface area contributed by atoms with E-state index in [4.69, 9.17) is 17.2 Å². The second kappa shape index (κ2) is 4.64. The number of rotatable bonds is 1. The molecular formula is C19H22N2S. The highest BCUT2D eigenvalue weighted by molar-refractivity contribution is 7.80. The Bertz CT molecular complexity index is 640. The minimum atomic E-state index is 0.359. The monoisotopic (exact) mass is 310 g/mol. The topological polar surface area (TPSA) is 24.4 Å². The highest BCUT2D eigenvalue weighted by atomic mass is 32.1. The Kier molecular flexibility index (Phi) is 2.79. The first-order valence-electron chi connectivity index (χ1n) is 8.67. The molecule has 5 aliphatic rings. The van der Waals surface area contributed by atoms with Crippen molar-refractivity contribution in [3.63, 3.8) is 0 Å². The number of hydrogen-bond donors (Lipinski definition) is 1. The molecule has 114 valence electrons. The van der Waals surface area contributed by atoms with Gasteiger partial charge in [-0.05, 0) is 68.4 Å². The van der Waals surface area contributed by atoms with Crippen molar-refractivity contribution in [2.45, 2.75) is 44.9 Å². The van der Waals surface area contributed by atoms with E-state index in [1.807, 2.05) is 0 Å². The molecule has 0 unspecified atom stereocenters. The Balaban J connectivity index is 1.59. The average Bonchev–Trinajstić information content (AvgIpc) is 2.64. The Morgan fingerprint density at radius 3 is 2.32 bits per heavy atom. The van der Waals surface area contributed by atoms with Crippen molar-refractivity contribution in [3.8, 4) is 0 Å². The van der Waals surface area contributed by atoms with Crippen LogP contribution in [0, 0.1) is 23.2 Å². The SMILES string of the molecule is S=C1CC(C23CC4CC(CC(C4)C2)C3)=Nc2ccccc2N1. The summed E-state index contributed by atoms with van der Waals surface area (Å²) in [6.07, 6.45) is 9.38. The lowest BCUT2D eigenvalue weighted by atomic mass is 9.48. The van der Waals surface area contributed by atoms with Gasteiger partial charge >= 0.3 is 0 Å². The van der Waals surface area contributed by atoms with Gasteiger partial charge in [0.05, 0.1) is 16.4 Å². The fraction of sp³-hybridized carbons (Fsp3) is 0.579. The van der Waals surface area contributed by atoms with Gasteiger partial charge in [-0.3, -0.25) is 4.99 Å². The molecule has 0 saturated heterocycles. The Labute approximate surface area is 137 Å². The van der Waals surface area contributed by atoms with Gasteiger partial charge in [0, 0.05) is 17.5 Å². The van der Waals surface area contributed by atoms with Crippen LogP contribution in [0.25, 0.3) is 0 Å². The third-order valence-electron chi connectivity index (χ3n) is 6.41. The first-order valence-corrected chi connectivity index (χ1v) is 9.08. The van der Waals surface area contributed by atoms with E-state index in [0.29, 0.717) is 5.41 Å². The molecule has 0 spiro atoms. The fourth-order valence-electron chi connectivity index (χ4n) is 5.98. The van der Waals surface area contributed by atoms with Crippen LogP contribution in [0.2, 0.25) is 0 Å². The zero-order valence-electron chi connectivity index (χ0n) is 12.8. The van der Waals surface area contributed by atoms with Crippen LogP contribution >= 0.6 is 12.2 Å². The molecule has 0 radical (unpaired) electrons. The van der Waals surface area contributed by atoms with E-state index < -0.39 is 0 Å². The molecule has 2 nitrogen and oxygen atoms in total. The van der Waals surface area contributed by atoms with Crippen molar-refractivity contribution in [2.24, 2.45) is 28.2 Å². The second-order valence-electron chi connectivity index (χ2n) is 8.00. The van der Waals surface area contributed by atoms with E-state index in [0.717, 1.165) is 40.5 Å². The summed E-state index contributed by atoms with van der Waals surface area (Å²) in [5, 5.41) is 3.40. The lowest BCUT2D eigenvalue weighted by Gasteiger charge is -2.57. The summed E-state index contributed by atoms with van der Waals surface area (Å²) in [6.45, 7) is 0. The molecule has 4 saturated carbocycles. The first kappa shape index (κ1) is 13.2. The van der Waals surface area contributed by atoms with Crippen LogP contribution in [0.4, 0.5) is 11.4 Å². The minimum Gasteiger partial charge on any atom is -0.348 e. The summed E-state index contributed by atoms with van der Waals surface area (Å²) in [4.78, 5) is 6.09. The van der Waals surface area contributed by atoms with E-state index >= 15 is 0 Å². The van der Waals surface area contributed by atoms with Crippen LogP contribution in [0.3, 0.4) is 0 Å². The van der Waals surface area contributed by atoms with Crippen molar-refractivity contribution in [3.05, 3.63) is 24.3 Å². The van der Waals surface area contributed by atoms with E-state index in [2.05, 4.69) is 29.6 Å². The van der Waals surface area contributed by atoms with Crippen molar-refractivity contribution >= 4 is 34.3 Å². The fourth-order valence-corrected chi connectivity index (χ4v) is 6.23. The van der Waals surface area contributed by atoms with Crippen LogP contribution in [0.15, 0.2) is 29.3 Å². The summed E-state index contributed by atoms with van der Waals surface area (Å²) in [5.74, 6) is 2.86. The van der Waals surface area contributed by atoms with Gasteiger partial charge in [-0.15, -0.1) is 0 Å². The molecule has 0 aromatic heterocycles. The summed E-state index contributed by atoms with van der Waals surface area (Å²) in [6, 6.07) is 8.35. The van der Waals surface area contributed by atoms with Gasteiger partial charge in [0.25, 0.3) is 0 Å². The lowest BCUT2D eigenvalue weighted by molar-refractivity contribution is -0.0128. The molecule has 1 heterocycles. The molecule has 1 aromatic rings. The van der Waals surface area contributed by atoms with Gasteiger partial charge in [0.15, 0.2) is 0 Å². The van der Waals surface area contributed by atoms with Crippen molar-refractivity contribution < 1.29 is 0 Å². The number of nitrogens with zero attached hydrogens (tertiary/aromatic N) is 1. The Morgan fingerprint density at radius 1 is 1.00 bits per heavy atom. The predicted molar refractivity (Wildman–Crippen MR) is 95.0 cm³/mol. The van der Waals surface area contributed by atoms with E-state index in [1.54, 1.807) is 0 Å². The molecule has 1 aliphatic heterocycles. The summed E-state index contributed by atoms with van der Waals surface area (Å²) >= 11 is 5.61. The summed E-state index contributed by atoms with van der Waals surface area (Å²) < 4.78 is 0. The molecular weight excluding hydrogens is 288 g/mol. The lowest BCUT2D eigenvalue weighted by Crippen LogP contribution is -2.50. The highest BCUT2D eigenvalue weighted by Crippen LogP contribution is 2.61. The van der Waals surface area contributed by atoms with Crippen LogP contribution in [0.5, 0.6) is 0 Å². The number of anilines is 1. The third-order valence-corrected chi connectivity index (χ3v) is 6.66. The minimum absolute atomic E-state index is 0.359. The van der Waals surface area contributed by atoms with Crippen molar-refractivity contribution in [1.29, 1.82) is 0 Å². The maximum Gasteiger partial charge on any atom is 0.0864 e. The highest BCUT2D eigenvalue weighted by Gasteiger charge is 2.53. The quantitative estimate of drug-likeness (QED) is 0.728. The molecule has 6 rings (SSSR count). The smallest absolute Gasteiger partial charge is 0.0864 e. The number of benzene rings is 1. The number of fused-ring (bicyclic) bond motifs is 1. The standard InChI is InChI=1S/C19H22N2S/c22-18-8-17(20-15-3-1-2-4-16(15)21-18)19-9-12-5-13(10-19)7-14(6-12)11-19/h1-4,12-14H,5-11H2,(H,21,22). The van der Waals surface area contributed by atoms with Crippen LogP contribution < -0.4 is 5.32 Å². The second-order valence-corrected chi connectivity index (χ2v) is 8.49. The van der Waals surface area contributed by atoms with Gasteiger partial charge in [0.2, 0.25) is 0 Å². The van der Waals surface area contributed by atoms with Gasteiger partial charge in [0.1, 0.15) is 0 Å². The maximum absolute atomic E-state index is 5.61.